The van der Waals surface area contributed by atoms with E-state index in [0.29, 0.717) is 4.70 Å². The second-order valence-corrected chi connectivity index (χ2v) is 3.79. The Kier molecular flexibility index (Phi) is 2.10. The molecule has 0 radical (unpaired) electrons. The van der Waals surface area contributed by atoms with Gasteiger partial charge >= 0.3 is 0 Å². The first-order chi connectivity index (χ1) is 6.74. The molecule has 0 aliphatic carbocycles. The number of aromatic hydroxyl groups is 1. The molecule has 0 spiro atoms. The molecule has 2 aromatic rings. The molecule has 0 atom stereocenters. The fourth-order valence-electron chi connectivity index (χ4n) is 1.34. The van der Waals surface area contributed by atoms with Crippen molar-refractivity contribution in [3.63, 3.8) is 0 Å². The van der Waals surface area contributed by atoms with Crippen molar-refractivity contribution in [1.82, 2.24) is 0 Å². The molecule has 1 N–H and O–H groups in total. The molecule has 4 heteroatoms. The van der Waals surface area contributed by atoms with Crippen molar-refractivity contribution in [2.75, 3.05) is 0 Å². The van der Waals surface area contributed by atoms with E-state index in [2.05, 4.69) is 0 Å². The largest absolute Gasteiger partial charge is 0.504 e. The zero-order chi connectivity index (χ0) is 10.1. The molecule has 0 saturated carbocycles. The Bertz CT molecular complexity index is 527. The normalized spacial score (nSPS) is 10.3. The summed E-state index contributed by atoms with van der Waals surface area (Å²) in [5, 5.41) is 20.5. The van der Waals surface area contributed by atoms with Crippen LogP contribution in [0.15, 0.2) is 17.5 Å². The molecule has 1 aromatic heterocycles. The summed E-state index contributed by atoms with van der Waals surface area (Å²) < 4.78 is 13.9. The zero-order valence-corrected chi connectivity index (χ0v) is 7.94. The third kappa shape index (κ3) is 1.22. The van der Waals surface area contributed by atoms with Gasteiger partial charge in [-0.15, -0.1) is 11.3 Å². The molecule has 0 aliphatic heterocycles. The summed E-state index contributed by atoms with van der Waals surface area (Å²) in [5.74, 6) is -1.02. The Hall–Kier alpha value is -1.60. The lowest BCUT2D eigenvalue weighted by molar-refractivity contribution is 0.437. The minimum absolute atomic E-state index is 0.0226. The molecular formula is C10H6FNOS. The van der Waals surface area contributed by atoms with E-state index in [4.69, 9.17) is 5.26 Å². The number of hydrogen-bond donors (Lipinski definition) is 1. The van der Waals surface area contributed by atoms with Gasteiger partial charge in [-0.1, -0.05) is 0 Å². The number of phenolic OH excluding ortho intramolecular Hbond substituents is 1. The number of nitriles is 1. The Labute approximate surface area is 83.8 Å². The molecule has 0 bridgehead atoms. The molecule has 1 heterocycles. The van der Waals surface area contributed by atoms with Gasteiger partial charge in [0.15, 0.2) is 11.6 Å². The summed E-state index contributed by atoms with van der Waals surface area (Å²) in [4.78, 5) is 0. The highest BCUT2D eigenvalue weighted by Gasteiger charge is 2.12. The van der Waals surface area contributed by atoms with Crippen molar-refractivity contribution in [3.8, 4) is 11.8 Å². The molecule has 0 aliphatic rings. The van der Waals surface area contributed by atoms with Gasteiger partial charge in [-0.3, -0.25) is 0 Å². The second-order valence-electron chi connectivity index (χ2n) is 2.87. The summed E-state index contributed by atoms with van der Waals surface area (Å²) in [7, 11) is 0. The van der Waals surface area contributed by atoms with E-state index in [0.717, 1.165) is 5.39 Å². The third-order valence-corrected chi connectivity index (χ3v) is 2.94. The number of hydrogen-bond acceptors (Lipinski definition) is 3. The number of rotatable bonds is 1. The SMILES string of the molecule is N#CCc1cc2ccsc2c(O)c1F. The maximum absolute atomic E-state index is 13.4. The predicted molar refractivity (Wildman–Crippen MR) is 52.8 cm³/mol. The number of nitrogens with zero attached hydrogens (tertiary/aromatic N) is 1. The van der Waals surface area contributed by atoms with Crippen LogP contribution in [-0.2, 0) is 6.42 Å². The van der Waals surface area contributed by atoms with Crippen molar-refractivity contribution in [1.29, 1.82) is 5.26 Å². The molecule has 70 valence electrons. The Morgan fingerprint density at radius 1 is 1.57 bits per heavy atom. The fraction of sp³-hybridized carbons (Fsp3) is 0.100. The van der Waals surface area contributed by atoms with Gasteiger partial charge in [0.05, 0.1) is 17.2 Å². The predicted octanol–water partition coefficient (Wildman–Crippen LogP) is 2.81. The summed E-state index contributed by atoms with van der Waals surface area (Å²) in [5.41, 5.74) is 0.246. The molecule has 14 heavy (non-hydrogen) atoms. The van der Waals surface area contributed by atoms with Gasteiger partial charge in [-0.25, -0.2) is 4.39 Å². The smallest absolute Gasteiger partial charge is 0.170 e. The van der Waals surface area contributed by atoms with E-state index in [9.17, 15) is 9.50 Å². The van der Waals surface area contributed by atoms with E-state index in [1.807, 2.05) is 6.07 Å². The Morgan fingerprint density at radius 3 is 3.07 bits per heavy atom. The van der Waals surface area contributed by atoms with Crippen LogP contribution in [-0.4, -0.2) is 5.11 Å². The Balaban J connectivity index is 2.75. The summed E-state index contributed by atoms with van der Waals surface area (Å²) >= 11 is 1.28. The van der Waals surface area contributed by atoms with Crippen molar-refractivity contribution in [2.24, 2.45) is 0 Å². The molecule has 0 saturated heterocycles. The lowest BCUT2D eigenvalue weighted by Gasteiger charge is -2.01. The van der Waals surface area contributed by atoms with Crippen LogP contribution in [0, 0.1) is 17.1 Å². The summed E-state index contributed by atoms with van der Waals surface area (Å²) in [6.45, 7) is 0. The van der Waals surface area contributed by atoms with Crippen molar-refractivity contribution in [3.05, 3.63) is 28.9 Å². The highest BCUT2D eigenvalue weighted by atomic mass is 32.1. The van der Waals surface area contributed by atoms with Gasteiger partial charge in [0.2, 0.25) is 0 Å². The number of halogens is 1. The molecule has 0 fully saturated rings. The monoisotopic (exact) mass is 207 g/mol. The maximum atomic E-state index is 13.4. The average Bonchev–Trinajstić information content (AvgIpc) is 2.62. The molecule has 2 nitrogen and oxygen atoms in total. The molecule has 0 unspecified atom stereocenters. The highest BCUT2D eigenvalue weighted by Crippen LogP contribution is 2.34. The van der Waals surface area contributed by atoms with Crippen molar-refractivity contribution < 1.29 is 9.50 Å². The number of phenols is 1. The molecule has 1 aromatic carbocycles. The first-order valence-corrected chi connectivity index (χ1v) is 4.86. The van der Waals surface area contributed by atoms with E-state index in [-0.39, 0.29) is 17.7 Å². The molecule has 0 amide bonds. The number of thiophene rings is 1. The van der Waals surface area contributed by atoms with Crippen LogP contribution in [0.25, 0.3) is 10.1 Å². The third-order valence-electron chi connectivity index (χ3n) is 2.00. The molecule has 2 rings (SSSR count). The molecular weight excluding hydrogens is 201 g/mol. The van der Waals surface area contributed by atoms with Crippen molar-refractivity contribution >= 4 is 21.4 Å². The van der Waals surface area contributed by atoms with Gasteiger partial charge in [0.25, 0.3) is 0 Å². The zero-order valence-electron chi connectivity index (χ0n) is 7.12. The maximum Gasteiger partial charge on any atom is 0.170 e. The fourth-order valence-corrected chi connectivity index (χ4v) is 2.16. The van der Waals surface area contributed by atoms with Gasteiger partial charge in [0.1, 0.15) is 0 Å². The van der Waals surface area contributed by atoms with Crippen LogP contribution in [0.3, 0.4) is 0 Å². The van der Waals surface area contributed by atoms with E-state index in [1.54, 1.807) is 17.5 Å². The second kappa shape index (κ2) is 3.28. The number of benzene rings is 1. The lowest BCUT2D eigenvalue weighted by Crippen LogP contribution is -1.88. The minimum Gasteiger partial charge on any atom is -0.504 e. The van der Waals surface area contributed by atoms with E-state index >= 15 is 0 Å². The summed E-state index contributed by atoms with van der Waals surface area (Å²) in [6, 6.07) is 5.25. The summed E-state index contributed by atoms with van der Waals surface area (Å²) in [6.07, 6.45) is -0.0226. The van der Waals surface area contributed by atoms with Gasteiger partial charge in [0, 0.05) is 5.56 Å². The topological polar surface area (TPSA) is 44.0 Å². The van der Waals surface area contributed by atoms with E-state index < -0.39 is 5.82 Å². The van der Waals surface area contributed by atoms with Crippen LogP contribution in [0.4, 0.5) is 4.39 Å². The Morgan fingerprint density at radius 2 is 2.36 bits per heavy atom. The van der Waals surface area contributed by atoms with E-state index in [1.165, 1.54) is 11.3 Å². The van der Waals surface area contributed by atoms with Crippen LogP contribution in [0.5, 0.6) is 5.75 Å². The van der Waals surface area contributed by atoms with Gasteiger partial charge in [-0.2, -0.15) is 5.26 Å². The van der Waals surface area contributed by atoms with Crippen molar-refractivity contribution in [2.45, 2.75) is 6.42 Å². The lowest BCUT2D eigenvalue weighted by atomic mass is 10.1. The number of fused-ring (bicyclic) bond motifs is 1. The van der Waals surface area contributed by atoms with Crippen LogP contribution < -0.4 is 0 Å². The highest BCUT2D eigenvalue weighted by molar-refractivity contribution is 7.17. The van der Waals surface area contributed by atoms with Gasteiger partial charge in [-0.05, 0) is 22.9 Å². The average molecular weight is 207 g/mol. The quantitative estimate of drug-likeness (QED) is 0.781. The first-order valence-electron chi connectivity index (χ1n) is 3.98. The van der Waals surface area contributed by atoms with Crippen LogP contribution in [0.1, 0.15) is 5.56 Å². The first kappa shape index (κ1) is 8.97. The van der Waals surface area contributed by atoms with Crippen LogP contribution in [0.2, 0.25) is 0 Å². The van der Waals surface area contributed by atoms with Crippen LogP contribution >= 0.6 is 11.3 Å². The standard InChI is InChI=1S/C10H6FNOS/c11-8-6(1-3-12)5-7-2-4-14-10(7)9(8)13/h2,4-5,13H,1H2. The minimum atomic E-state index is -0.679. The van der Waals surface area contributed by atoms with Gasteiger partial charge < -0.3 is 5.11 Å².